The molecule has 0 atom stereocenters. The van der Waals surface area contributed by atoms with Gasteiger partial charge in [-0.2, -0.15) is 0 Å². The average Bonchev–Trinajstić information content (AvgIpc) is 2.12. The predicted octanol–water partition coefficient (Wildman–Crippen LogP) is 2.01. The number of carboxylic acid groups (broad SMARTS) is 1. The minimum absolute atomic E-state index is 0.0203. The second kappa shape index (κ2) is 4.20. The topological polar surface area (TPSA) is 46.5 Å². The molecule has 1 saturated heterocycles. The van der Waals surface area contributed by atoms with Crippen LogP contribution in [-0.4, -0.2) is 29.5 Å². The van der Waals surface area contributed by atoms with Gasteiger partial charge in [-0.05, 0) is 18.2 Å². The Morgan fingerprint density at radius 1 is 1.53 bits per heavy atom. The molecule has 0 bridgehead atoms. The van der Waals surface area contributed by atoms with Crippen LogP contribution in [0, 0.1) is 5.82 Å². The van der Waals surface area contributed by atoms with Crippen LogP contribution in [0.15, 0.2) is 23.1 Å². The Morgan fingerprint density at radius 2 is 2.27 bits per heavy atom. The predicted molar refractivity (Wildman–Crippen MR) is 53.8 cm³/mol. The number of thioether (sulfide) groups is 1. The van der Waals surface area contributed by atoms with Gasteiger partial charge in [-0.15, -0.1) is 11.8 Å². The van der Waals surface area contributed by atoms with E-state index in [0.717, 1.165) is 6.07 Å². The van der Waals surface area contributed by atoms with Gasteiger partial charge in [0.1, 0.15) is 5.82 Å². The van der Waals surface area contributed by atoms with Crippen LogP contribution in [0.3, 0.4) is 0 Å². The number of aromatic carboxylic acids is 1. The highest BCUT2D eigenvalue weighted by Crippen LogP contribution is 2.31. The number of hydrogen-bond donors (Lipinski definition) is 1. The third kappa shape index (κ3) is 2.30. The molecule has 15 heavy (non-hydrogen) atoms. The third-order valence-electron chi connectivity index (χ3n) is 2.07. The van der Waals surface area contributed by atoms with E-state index in [2.05, 4.69) is 0 Å². The summed E-state index contributed by atoms with van der Waals surface area (Å²) in [7, 11) is 0. The van der Waals surface area contributed by atoms with Crippen molar-refractivity contribution in [3.8, 4) is 0 Å². The van der Waals surface area contributed by atoms with Crippen molar-refractivity contribution < 1.29 is 19.0 Å². The highest BCUT2D eigenvalue weighted by molar-refractivity contribution is 8.00. The van der Waals surface area contributed by atoms with Crippen LogP contribution in [-0.2, 0) is 4.74 Å². The first-order valence-corrected chi connectivity index (χ1v) is 5.32. The molecule has 0 aromatic heterocycles. The Labute approximate surface area is 90.2 Å². The maximum atomic E-state index is 12.8. The highest BCUT2D eigenvalue weighted by atomic mass is 32.2. The highest BCUT2D eigenvalue weighted by Gasteiger charge is 2.22. The van der Waals surface area contributed by atoms with Crippen LogP contribution >= 0.6 is 11.8 Å². The van der Waals surface area contributed by atoms with E-state index >= 15 is 0 Å². The van der Waals surface area contributed by atoms with Gasteiger partial charge in [0.2, 0.25) is 0 Å². The Kier molecular flexibility index (Phi) is 2.93. The SMILES string of the molecule is O=C(O)c1cc(F)ccc1SC1COC1. The summed E-state index contributed by atoms with van der Waals surface area (Å²) in [6, 6.07) is 3.82. The molecule has 1 aromatic rings. The molecule has 0 aliphatic carbocycles. The van der Waals surface area contributed by atoms with E-state index in [1.165, 1.54) is 23.9 Å². The lowest BCUT2D eigenvalue weighted by Crippen LogP contribution is -2.30. The second-order valence-electron chi connectivity index (χ2n) is 3.22. The van der Waals surface area contributed by atoms with Crippen LogP contribution in [0.5, 0.6) is 0 Å². The van der Waals surface area contributed by atoms with E-state index in [9.17, 15) is 9.18 Å². The molecule has 2 rings (SSSR count). The lowest BCUT2D eigenvalue weighted by atomic mass is 10.2. The summed E-state index contributed by atoms with van der Waals surface area (Å²) in [5.41, 5.74) is 0.0203. The summed E-state index contributed by atoms with van der Waals surface area (Å²) in [6.07, 6.45) is 0. The smallest absolute Gasteiger partial charge is 0.336 e. The van der Waals surface area contributed by atoms with Crippen molar-refractivity contribution in [2.75, 3.05) is 13.2 Å². The zero-order valence-corrected chi connectivity index (χ0v) is 8.59. The first kappa shape index (κ1) is 10.4. The van der Waals surface area contributed by atoms with Crippen LogP contribution < -0.4 is 0 Å². The van der Waals surface area contributed by atoms with Gasteiger partial charge in [0.15, 0.2) is 0 Å². The van der Waals surface area contributed by atoms with Gasteiger partial charge < -0.3 is 9.84 Å². The van der Waals surface area contributed by atoms with Gasteiger partial charge in [-0.1, -0.05) is 0 Å². The Balaban J connectivity index is 2.23. The molecular weight excluding hydrogens is 219 g/mol. The molecule has 1 aliphatic rings. The van der Waals surface area contributed by atoms with Gasteiger partial charge in [0.25, 0.3) is 0 Å². The fraction of sp³-hybridized carbons (Fsp3) is 0.300. The molecule has 1 aromatic carbocycles. The lowest BCUT2D eigenvalue weighted by molar-refractivity contribution is 0.0454. The maximum absolute atomic E-state index is 12.8. The molecule has 0 unspecified atom stereocenters. The van der Waals surface area contributed by atoms with Crippen molar-refractivity contribution >= 4 is 17.7 Å². The number of ether oxygens (including phenoxy) is 1. The van der Waals surface area contributed by atoms with Crippen molar-refractivity contribution in [2.45, 2.75) is 10.1 Å². The molecule has 1 aliphatic heterocycles. The van der Waals surface area contributed by atoms with E-state index in [1.807, 2.05) is 0 Å². The molecular formula is C10H9FO3S. The molecule has 0 amide bonds. The zero-order valence-electron chi connectivity index (χ0n) is 7.77. The number of halogens is 1. The number of carbonyl (C=O) groups is 1. The Morgan fingerprint density at radius 3 is 2.80 bits per heavy atom. The Bertz CT molecular complexity index is 390. The van der Waals surface area contributed by atoms with Gasteiger partial charge >= 0.3 is 5.97 Å². The van der Waals surface area contributed by atoms with E-state index in [4.69, 9.17) is 9.84 Å². The molecule has 0 saturated carbocycles. The largest absolute Gasteiger partial charge is 0.478 e. The lowest BCUT2D eigenvalue weighted by Gasteiger charge is -2.25. The normalized spacial score (nSPS) is 16.1. The monoisotopic (exact) mass is 228 g/mol. The van der Waals surface area contributed by atoms with E-state index in [-0.39, 0.29) is 10.8 Å². The standard InChI is InChI=1S/C10H9FO3S/c11-6-1-2-9(8(3-6)10(12)13)15-7-4-14-5-7/h1-3,7H,4-5H2,(H,12,13). The van der Waals surface area contributed by atoms with E-state index in [0.29, 0.717) is 18.1 Å². The number of benzene rings is 1. The van der Waals surface area contributed by atoms with Crippen molar-refractivity contribution in [2.24, 2.45) is 0 Å². The molecule has 0 spiro atoms. The van der Waals surface area contributed by atoms with Crippen LogP contribution in [0.25, 0.3) is 0 Å². The molecule has 3 nitrogen and oxygen atoms in total. The zero-order chi connectivity index (χ0) is 10.8. The van der Waals surface area contributed by atoms with Crippen molar-refractivity contribution in [3.05, 3.63) is 29.6 Å². The first-order valence-electron chi connectivity index (χ1n) is 4.44. The molecule has 0 radical (unpaired) electrons. The van der Waals surface area contributed by atoms with Gasteiger partial charge in [0, 0.05) is 4.90 Å². The summed E-state index contributed by atoms with van der Waals surface area (Å²) in [5, 5.41) is 9.17. The summed E-state index contributed by atoms with van der Waals surface area (Å²) >= 11 is 1.42. The summed E-state index contributed by atoms with van der Waals surface area (Å²) in [4.78, 5) is 11.4. The molecule has 1 N–H and O–H groups in total. The fourth-order valence-electron chi connectivity index (χ4n) is 1.23. The fourth-order valence-corrected chi connectivity index (χ4v) is 2.34. The van der Waals surface area contributed by atoms with Crippen LogP contribution in [0.2, 0.25) is 0 Å². The van der Waals surface area contributed by atoms with E-state index < -0.39 is 11.8 Å². The maximum Gasteiger partial charge on any atom is 0.336 e. The summed E-state index contributed by atoms with van der Waals surface area (Å²) in [5.74, 6) is -1.63. The second-order valence-corrected chi connectivity index (χ2v) is 4.57. The summed E-state index contributed by atoms with van der Waals surface area (Å²) in [6.45, 7) is 1.25. The number of rotatable bonds is 3. The minimum Gasteiger partial charge on any atom is -0.478 e. The first-order chi connectivity index (χ1) is 7.16. The van der Waals surface area contributed by atoms with Gasteiger partial charge in [-0.25, -0.2) is 9.18 Å². The number of hydrogen-bond acceptors (Lipinski definition) is 3. The minimum atomic E-state index is -1.10. The third-order valence-corrected chi connectivity index (χ3v) is 3.29. The quantitative estimate of drug-likeness (QED) is 0.859. The van der Waals surface area contributed by atoms with Crippen LogP contribution in [0.4, 0.5) is 4.39 Å². The van der Waals surface area contributed by atoms with Crippen LogP contribution in [0.1, 0.15) is 10.4 Å². The Hall–Kier alpha value is -1.07. The van der Waals surface area contributed by atoms with Crippen molar-refractivity contribution in [1.82, 2.24) is 0 Å². The molecule has 80 valence electrons. The van der Waals surface area contributed by atoms with Crippen molar-refractivity contribution in [1.29, 1.82) is 0 Å². The number of carboxylic acids is 1. The van der Waals surface area contributed by atoms with E-state index in [1.54, 1.807) is 0 Å². The molecule has 5 heteroatoms. The van der Waals surface area contributed by atoms with Gasteiger partial charge in [0.05, 0.1) is 24.0 Å². The van der Waals surface area contributed by atoms with Gasteiger partial charge in [-0.3, -0.25) is 0 Å². The van der Waals surface area contributed by atoms with Crippen molar-refractivity contribution in [3.63, 3.8) is 0 Å². The molecule has 1 fully saturated rings. The molecule has 1 heterocycles. The summed E-state index contributed by atoms with van der Waals surface area (Å²) < 4.78 is 17.8. The average molecular weight is 228 g/mol.